The predicted molar refractivity (Wildman–Crippen MR) is 64.3 cm³/mol. The van der Waals surface area contributed by atoms with E-state index in [1.807, 2.05) is 18.4 Å². The third kappa shape index (κ3) is 2.63. The lowest BCUT2D eigenvalue weighted by atomic mass is 10.2. The van der Waals surface area contributed by atoms with Crippen LogP contribution in [0.25, 0.3) is 0 Å². The van der Waals surface area contributed by atoms with Crippen LogP contribution in [0.5, 0.6) is 0 Å². The molecular formula is C10H15NO3S2. The molecule has 4 nitrogen and oxygen atoms in total. The van der Waals surface area contributed by atoms with E-state index in [1.165, 1.54) is 10.4 Å². The normalized spacial score (nSPS) is 28.4. The Morgan fingerprint density at radius 1 is 1.56 bits per heavy atom. The molecule has 0 spiro atoms. The molecule has 90 valence electrons. The van der Waals surface area contributed by atoms with Gasteiger partial charge in [0.25, 0.3) is 0 Å². The molecule has 2 rings (SSSR count). The third-order valence-electron chi connectivity index (χ3n) is 2.82. The molecule has 1 aliphatic heterocycles. The fourth-order valence-corrected chi connectivity index (χ4v) is 4.47. The zero-order chi connectivity index (χ0) is 11.8. The lowest BCUT2D eigenvalue weighted by molar-refractivity contribution is 0.165. The van der Waals surface area contributed by atoms with Gasteiger partial charge in [0.2, 0.25) is 0 Å². The van der Waals surface area contributed by atoms with E-state index in [1.54, 1.807) is 11.3 Å². The Morgan fingerprint density at radius 2 is 2.31 bits per heavy atom. The van der Waals surface area contributed by atoms with Crippen molar-refractivity contribution in [3.05, 3.63) is 21.9 Å². The molecule has 0 saturated carbocycles. The van der Waals surface area contributed by atoms with Gasteiger partial charge in [0.15, 0.2) is 9.84 Å². The average Bonchev–Trinajstić information content (AvgIpc) is 2.67. The summed E-state index contributed by atoms with van der Waals surface area (Å²) in [6.07, 6.45) is -0.773. The molecule has 0 aromatic carbocycles. The smallest absolute Gasteiger partial charge is 0.154 e. The number of aliphatic hydroxyl groups is 1. The zero-order valence-corrected chi connectivity index (χ0v) is 10.6. The van der Waals surface area contributed by atoms with E-state index in [0.29, 0.717) is 6.54 Å². The number of aliphatic hydroxyl groups excluding tert-OH is 1. The maximum Gasteiger partial charge on any atom is 0.154 e. The van der Waals surface area contributed by atoms with Gasteiger partial charge in [-0.15, -0.1) is 11.3 Å². The molecule has 0 aliphatic carbocycles. The second kappa shape index (κ2) is 4.44. The minimum absolute atomic E-state index is 0.0403. The molecule has 1 aromatic rings. The van der Waals surface area contributed by atoms with Gasteiger partial charge in [0.05, 0.1) is 17.6 Å². The van der Waals surface area contributed by atoms with Crippen LogP contribution in [0.1, 0.15) is 10.4 Å². The molecule has 16 heavy (non-hydrogen) atoms. The van der Waals surface area contributed by atoms with Crippen LogP contribution in [0.4, 0.5) is 0 Å². The minimum Gasteiger partial charge on any atom is -0.390 e. The zero-order valence-electron chi connectivity index (χ0n) is 9.01. The van der Waals surface area contributed by atoms with Crippen molar-refractivity contribution in [2.75, 3.05) is 11.5 Å². The van der Waals surface area contributed by atoms with Crippen LogP contribution in [-0.4, -0.2) is 37.2 Å². The summed E-state index contributed by atoms with van der Waals surface area (Å²) in [6, 6.07) is 1.70. The van der Waals surface area contributed by atoms with E-state index in [2.05, 4.69) is 5.32 Å². The summed E-state index contributed by atoms with van der Waals surface area (Å²) < 4.78 is 22.6. The molecule has 1 aromatic heterocycles. The van der Waals surface area contributed by atoms with Gasteiger partial charge in [-0.3, -0.25) is 0 Å². The number of thiophene rings is 1. The number of nitrogens with one attached hydrogen (secondary N) is 1. The van der Waals surface area contributed by atoms with Crippen molar-refractivity contribution < 1.29 is 13.5 Å². The van der Waals surface area contributed by atoms with E-state index >= 15 is 0 Å². The topological polar surface area (TPSA) is 66.4 Å². The van der Waals surface area contributed by atoms with Gasteiger partial charge < -0.3 is 10.4 Å². The molecule has 0 radical (unpaired) electrons. The second-order valence-electron chi connectivity index (χ2n) is 4.16. The molecule has 1 fully saturated rings. The van der Waals surface area contributed by atoms with Crippen molar-refractivity contribution in [3.63, 3.8) is 0 Å². The number of hydrogen-bond donors (Lipinski definition) is 2. The maximum atomic E-state index is 11.3. The highest BCUT2D eigenvalue weighted by molar-refractivity contribution is 7.91. The van der Waals surface area contributed by atoms with E-state index < -0.39 is 15.9 Å². The highest BCUT2D eigenvalue weighted by Gasteiger charge is 2.35. The first-order valence-electron chi connectivity index (χ1n) is 5.13. The Balaban J connectivity index is 1.95. The molecule has 0 bridgehead atoms. The molecule has 1 aliphatic rings. The Labute approximate surface area is 99.2 Å². The number of sulfone groups is 1. The first kappa shape index (κ1) is 12.0. The van der Waals surface area contributed by atoms with E-state index in [4.69, 9.17) is 0 Å². The number of aryl methyl sites for hydroxylation is 1. The van der Waals surface area contributed by atoms with Crippen LogP contribution in [-0.2, 0) is 16.4 Å². The molecule has 6 heteroatoms. The molecule has 2 heterocycles. The Kier molecular flexibility index (Phi) is 3.34. The summed E-state index contributed by atoms with van der Waals surface area (Å²) >= 11 is 1.64. The quantitative estimate of drug-likeness (QED) is 0.821. The molecule has 2 atom stereocenters. The monoisotopic (exact) mass is 261 g/mol. The SMILES string of the molecule is Cc1ccsc1CNC1CS(=O)(=O)CC1O. The standard InChI is InChI=1S/C10H15NO3S2/c1-7-2-3-15-10(7)4-11-8-5-16(13,14)6-9(8)12/h2-3,8-9,11-12H,4-6H2,1H3. The summed E-state index contributed by atoms with van der Waals surface area (Å²) in [5, 5.41) is 14.7. The van der Waals surface area contributed by atoms with Gasteiger partial charge in [-0.2, -0.15) is 0 Å². The summed E-state index contributed by atoms with van der Waals surface area (Å²) in [7, 11) is -3.05. The van der Waals surface area contributed by atoms with Gasteiger partial charge in [-0.1, -0.05) is 0 Å². The van der Waals surface area contributed by atoms with Crippen molar-refractivity contribution in [1.82, 2.24) is 5.32 Å². The summed E-state index contributed by atoms with van der Waals surface area (Å²) in [6.45, 7) is 2.65. The average molecular weight is 261 g/mol. The van der Waals surface area contributed by atoms with Crippen molar-refractivity contribution in [2.24, 2.45) is 0 Å². The van der Waals surface area contributed by atoms with Gasteiger partial charge in [0.1, 0.15) is 0 Å². The van der Waals surface area contributed by atoms with Crippen LogP contribution in [0.3, 0.4) is 0 Å². The van der Waals surface area contributed by atoms with E-state index in [-0.39, 0.29) is 17.5 Å². The van der Waals surface area contributed by atoms with Crippen molar-refractivity contribution >= 4 is 21.2 Å². The molecule has 2 unspecified atom stereocenters. The fraction of sp³-hybridized carbons (Fsp3) is 0.600. The second-order valence-corrected chi connectivity index (χ2v) is 7.31. The van der Waals surface area contributed by atoms with E-state index in [9.17, 15) is 13.5 Å². The fourth-order valence-electron chi connectivity index (χ4n) is 1.83. The first-order chi connectivity index (χ1) is 7.48. The Hall–Kier alpha value is -0.430. The van der Waals surface area contributed by atoms with Crippen molar-refractivity contribution in [1.29, 1.82) is 0 Å². The van der Waals surface area contributed by atoms with Gasteiger partial charge >= 0.3 is 0 Å². The highest BCUT2D eigenvalue weighted by atomic mass is 32.2. The predicted octanol–water partition coefficient (Wildman–Crippen LogP) is 0.304. The highest BCUT2D eigenvalue weighted by Crippen LogP contribution is 2.17. The van der Waals surface area contributed by atoms with Crippen LogP contribution >= 0.6 is 11.3 Å². The van der Waals surface area contributed by atoms with Gasteiger partial charge in [0, 0.05) is 17.5 Å². The minimum atomic E-state index is -3.05. The third-order valence-corrected chi connectivity index (χ3v) is 5.55. The summed E-state index contributed by atoms with van der Waals surface area (Å²) in [5.41, 5.74) is 1.20. The molecular weight excluding hydrogens is 246 g/mol. The molecule has 2 N–H and O–H groups in total. The van der Waals surface area contributed by atoms with E-state index in [0.717, 1.165) is 0 Å². The lowest BCUT2D eigenvalue weighted by Gasteiger charge is -2.14. The van der Waals surface area contributed by atoms with Gasteiger partial charge in [-0.25, -0.2) is 8.42 Å². The van der Waals surface area contributed by atoms with Crippen LogP contribution in [0, 0.1) is 6.92 Å². The number of hydrogen-bond acceptors (Lipinski definition) is 5. The molecule has 1 saturated heterocycles. The first-order valence-corrected chi connectivity index (χ1v) is 7.83. The number of rotatable bonds is 3. The van der Waals surface area contributed by atoms with Crippen LogP contribution < -0.4 is 5.32 Å². The van der Waals surface area contributed by atoms with Crippen molar-refractivity contribution in [2.45, 2.75) is 25.6 Å². The lowest BCUT2D eigenvalue weighted by Crippen LogP contribution is -2.38. The van der Waals surface area contributed by atoms with Crippen molar-refractivity contribution in [3.8, 4) is 0 Å². The Bertz CT molecular complexity index is 466. The molecule has 0 amide bonds. The van der Waals surface area contributed by atoms with Crippen LogP contribution in [0.2, 0.25) is 0 Å². The maximum absolute atomic E-state index is 11.3. The largest absolute Gasteiger partial charge is 0.390 e. The Morgan fingerprint density at radius 3 is 2.81 bits per heavy atom. The van der Waals surface area contributed by atoms with Gasteiger partial charge in [-0.05, 0) is 23.9 Å². The summed E-state index contributed by atoms with van der Waals surface area (Å²) in [4.78, 5) is 1.19. The van der Waals surface area contributed by atoms with Crippen LogP contribution in [0.15, 0.2) is 11.4 Å². The summed E-state index contributed by atoms with van der Waals surface area (Å²) in [5.74, 6) is -0.0767.